The highest BCUT2D eigenvalue weighted by Gasteiger charge is 2.15. The van der Waals surface area contributed by atoms with E-state index in [1.807, 2.05) is 45.0 Å². The van der Waals surface area contributed by atoms with E-state index < -0.39 is 5.60 Å². The average molecular weight is 248 g/mol. The van der Waals surface area contributed by atoms with E-state index in [1.165, 1.54) is 0 Å². The first-order chi connectivity index (χ1) is 8.40. The van der Waals surface area contributed by atoms with Crippen molar-refractivity contribution in [3.05, 3.63) is 36.4 Å². The first kappa shape index (κ1) is 14.3. The van der Waals surface area contributed by atoms with Gasteiger partial charge < -0.3 is 9.47 Å². The molecule has 1 aromatic rings. The number of rotatable bonds is 5. The topological polar surface area (TPSA) is 35.5 Å². The summed E-state index contributed by atoms with van der Waals surface area (Å²) < 4.78 is 10.6. The van der Waals surface area contributed by atoms with Gasteiger partial charge in [-0.1, -0.05) is 24.8 Å². The van der Waals surface area contributed by atoms with Crippen molar-refractivity contribution in [2.24, 2.45) is 0 Å². The SMILES string of the molecule is C=Cc1ccc(OCCC(=O)OC(C)(C)C)cc1. The predicted molar refractivity (Wildman–Crippen MR) is 72.5 cm³/mol. The minimum absolute atomic E-state index is 0.245. The summed E-state index contributed by atoms with van der Waals surface area (Å²) in [6, 6.07) is 7.53. The third-order valence-electron chi connectivity index (χ3n) is 2.11. The van der Waals surface area contributed by atoms with Gasteiger partial charge in [-0.05, 0) is 38.5 Å². The van der Waals surface area contributed by atoms with Crippen molar-refractivity contribution in [2.75, 3.05) is 6.61 Å². The van der Waals surface area contributed by atoms with E-state index in [2.05, 4.69) is 6.58 Å². The van der Waals surface area contributed by atoms with Crippen molar-refractivity contribution < 1.29 is 14.3 Å². The molecule has 0 atom stereocenters. The van der Waals surface area contributed by atoms with Crippen molar-refractivity contribution in [3.8, 4) is 5.75 Å². The van der Waals surface area contributed by atoms with Gasteiger partial charge in [0.1, 0.15) is 11.4 Å². The molecule has 0 radical (unpaired) electrons. The van der Waals surface area contributed by atoms with Crippen molar-refractivity contribution >= 4 is 12.0 Å². The Morgan fingerprint density at radius 1 is 1.28 bits per heavy atom. The second kappa shape index (κ2) is 6.24. The summed E-state index contributed by atoms with van der Waals surface area (Å²) in [6.45, 7) is 9.54. The molecular formula is C15H20O3. The van der Waals surface area contributed by atoms with E-state index in [0.29, 0.717) is 6.61 Å². The number of hydrogen-bond donors (Lipinski definition) is 0. The van der Waals surface area contributed by atoms with Gasteiger partial charge in [-0.25, -0.2) is 0 Å². The maximum absolute atomic E-state index is 11.4. The molecule has 0 amide bonds. The Hall–Kier alpha value is -1.77. The highest BCUT2D eigenvalue weighted by atomic mass is 16.6. The van der Waals surface area contributed by atoms with Crippen LogP contribution in [-0.4, -0.2) is 18.2 Å². The molecule has 0 N–H and O–H groups in total. The third kappa shape index (κ3) is 5.53. The van der Waals surface area contributed by atoms with Gasteiger partial charge in [-0.2, -0.15) is 0 Å². The van der Waals surface area contributed by atoms with Gasteiger partial charge in [0, 0.05) is 0 Å². The fourth-order valence-electron chi connectivity index (χ4n) is 1.34. The lowest BCUT2D eigenvalue weighted by Crippen LogP contribution is -2.24. The molecule has 0 fully saturated rings. The Labute approximate surface area is 108 Å². The molecule has 1 rings (SSSR count). The summed E-state index contributed by atoms with van der Waals surface area (Å²) in [5.74, 6) is 0.495. The first-order valence-electron chi connectivity index (χ1n) is 5.98. The maximum atomic E-state index is 11.4. The highest BCUT2D eigenvalue weighted by molar-refractivity contribution is 5.70. The standard InChI is InChI=1S/C15H20O3/c1-5-12-6-8-13(9-7-12)17-11-10-14(16)18-15(2,3)4/h5-9H,1,10-11H2,2-4H3. The van der Waals surface area contributed by atoms with Crippen LogP contribution in [0.1, 0.15) is 32.8 Å². The minimum Gasteiger partial charge on any atom is -0.493 e. The van der Waals surface area contributed by atoms with Crippen LogP contribution in [0.4, 0.5) is 0 Å². The van der Waals surface area contributed by atoms with Crippen molar-refractivity contribution in [2.45, 2.75) is 32.8 Å². The van der Waals surface area contributed by atoms with E-state index in [-0.39, 0.29) is 12.4 Å². The third-order valence-corrected chi connectivity index (χ3v) is 2.11. The molecule has 3 heteroatoms. The fourth-order valence-corrected chi connectivity index (χ4v) is 1.34. The smallest absolute Gasteiger partial charge is 0.309 e. The molecule has 0 bridgehead atoms. The maximum Gasteiger partial charge on any atom is 0.309 e. The summed E-state index contributed by atoms with van der Waals surface area (Å²) in [7, 11) is 0. The van der Waals surface area contributed by atoms with E-state index in [0.717, 1.165) is 11.3 Å². The van der Waals surface area contributed by atoms with Crippen LogP contribution in [0, 0.1) is 0 Å². The molecule has 1 aromatic carbocycles. The van der Waals surface area contributed by atoms with Crippen LogP contribution in [0.25, 0.3) is 6.08 Å². The van der Waals surface area contributed by atoms with Crippen LogP contribution in [0.3, 0.4) is 0 Å². The van der Waals surface area contributed by atoms with E-state index in [4.69, 9.17) is 9.47 Å². The van der Waals surface area contributed by atoms with Gasteiger partial charge in [0.15, 0.2) is 0 Å². The quantitative estimate of drug-likeness (QED) is 0.749. The molecule has 0 saturated carbocycles. The van der Waals surface area contributed by atoms with E-state index in [1.54, 1.807) is 6.08 Å². The molecule has 0 spiro atoms. The largest absolute Gasteiger partial charge is 0.493 e. The predicted octanol–water partition coefficient (Wildman–Crippen LogP) is 3.44. The average Bonchev–Trinajstić information content (AvgIpc) is 2.27. The number of benzene rings is 1. The number of ether oxygens (including phenoxy) is 2. The molecular weight excluding hydrogens is 228 g/mol. The zero-order valence-electron chi connectivity index (χ0n) is 11.2. The zero-order chi connectivity index (χ0) is 13.6. The molecule has 0 aliphatic carbocycles. The first-order valence-corrected chi connectivity index (χ1v) is 5.98. The lowest BCUT2D eigenvalue weighted by Gasteiger charge is -2.19. The lowest BCUT2D eigenvalue weighted by atomic mass is 10.2. The van der Waals surface area contributed by atoms with Crippen LogP contribution in [-0.2, 0) is 9.53 Å². The van der Waals surface area contributed by atoms with Crippen LogP contribution in [0.15, 0.2) is 30.8 Å². The number of carbonyl (C=O) groups excluding carboxylic acids is 1. The lowest BCUT2D eigenvalue weighted by molar-refractivity contribution is -0.155. The molecule has 0 aromatic heterocycles. The molecule has 0 heterocycles. The summed E-state index contributed by atoms with van der Waals surface area (Å²) in [4.78, 5) is 11.4. The van der Waals surface area contributed by atoms with Crippen LogP contribution in [0.5, 0.6) is 5.75 Å². The van der Waals surface area contributed by atoms with Gasteiger partial charge >= 0.3 is 5.97 Å². The second-order valence-electron chi connectivity index (χ2n) is 4.96. The Morgan fingerprint density at radius 3 is 2.39 bits per heavy atom. The number of hydrogen-bond acceptors (Lipinski definition) is 3. The summed E-state index contributed by atoms with van der Waals surface area (Å²) >= 11 is 0. The normalized spacial score (nSPS) is 10.8. The Balaban J connectivity index is 2.33. The fraction of sp³-hybridized carbons (Fsp3) is 0.400. The van der Waals surface area contributed by atoms with E-state index in [9.17, 15) is 4.79 Å². The van der Waals surface area contributed by atoms with Crippen molar-refractivity contribution in [1.82, 2.24) is 0 Å². The van der Waals surface area contributed by atoms with Gasteiger partial charge in [0.05, 0.1) is 13.0 Å². The molecule has 0 aliphatic heterocycles. The molecule has 3 nitrogen and oxygen atoms in total. The van der Waals surface area contributed by atoms with Crippen LogP contribution in [0.2, 0.25) is 0 Å². The van der Waals surface area contributed by atoms with Crippen molar-refractivity contribution in [1.29, 1.82) is 0 Å². The summed E-state index contributed by atoms with van der Waals surface area (Å²) in [5.41, 5.74) is 0.595. The number of carbonyl (C=O) groups is 1. The molecule has 0 saturated heterocycles. The monoisotopic (exact) mass is 248 g/mol. The van der Waals surface area contributed by atoms with Gasteiger partial charge in [0.25, 0.3) is 0 Å². The molecule has 98 valence electrons. The van der Waals surface area contributed by atoms with Gasteiger partial charge in [-0.15, -0.1) is 0 Å². The van der Waals surface area contributed by atoms with Gasteiger partial charge in [0.2, 0.25) is 0 Å². The molecule has 18 heavy (non-hydrogen) atoms. The number of esters is 1. The molecule has 0 unspecified atom stereocenters. The van der Waals surface area contributed by atoms with Crippen molar-refractivity contribution in [3.63, 3.8) is 0 Å². The minimum atomic E-state index is -0.442. The summed E-state index contributed by atoms with van der Waals surface area (Å²) in [5, 5.41) is 0. The Kier molecular flexibility index (Phi) is 4.95. The molecule has 0 aliphatic rings. The van der Waals surface area contributed by atoms with Crippen LogP contribution >= 0.6 is 0 Å². The highest BCUT2D eigenvalue weighted by Crippen LogP contribution is 2.13. The van der Waals surface area contributed by atoms with Crippen LogP contribution < -0.4 is 4.74 Å². The van der Waals surface area contributed by atoms with Gasteiger partial charge in [-0.3, -0.25) is 4.79 Å². The second-order valence-corrected chi connectivity index (χ2v) is 4.96. The van der Waals surface area contributed by atoms with E-state index >= 15 is 0 Å². The summed E-state index contributed by atoms with van der Waals surface area (Å²) in [6.07, 6.45) is 2.02. The zero-order valence-corrected chi connectivity index (χ0v) is 11.2. The Morgan fingerprint density at radius 2 is 1.89 bits per heavy atom. The Bertz CT molecular complexity index is 399.